The number of amides is 2. The molecule has 186 valence electrons. The lowest BCUT2D eigenvalue weighted by molar-refractivity contribution is -0.148. The van der Waals surface area contributed by atoms with Gasteiger partial charge in [0.1, 0.15) is 12.6 Å². The highest BCUT2D eigenvalue weighted by Gasteiger charge is 2.37. The number of carboxylic acid groups (broad SMARTS) is 1. The van der Waals surface area contributed by atoms with E-state index in [4.69, 9.17) is 4.74 Å². The van der Waals surface area contributed by atoms with Crippen molar-refractivity contribution >= 4 is 18.0 Å². The molecular formula is C28H34N2O5. The van der Waals surface area contributed by atoms with Gasteiger partial charge in [0.05, 0.1) is 5.92 Å². The number of alkyl carbamates (subject to hydrolysis) is 1. The largest absolute Gasteiger partial charge is 0.481 e. The SMILES string of the molecule is CC(C)CC(NC(=O)OCC1c2ccccc2-c2ccccc21)C(=O)N1CC(C(=O)O)CCC1C. The normalized spacial score (nSPS) is 20.2. The number of piperidine rings is 1. The molecule has 0 aromatic heterocycles. The molecule has 1 aliphatic heterocycles. The van der Waals surface area contributed by atoms with Crippen molar-refractivity contribution in [2.45, 2.75) is 58.0 Å². The third-order valence-electron chi connectivity index (χ3n) is 7.16. The van der Waals surface area contributed by atoms with Gasteiger partial charge in [-0.05, 0) is 54.4 Å². The molecule has 0 saturated carbocycles. The summed E-state index contributed by atoms with van der Waals surface area (Å²) in [5.41, 5.74) is 4.55. The molecule has 7 nitrogen and oxygen atoms in total. The van der Waals surface area contributed by atoms with Crippen molar-refractivity contribution in [1.82, 2.24) is 10.2 Å². The smallest absolute Gasteiger partial charge is 0.407 e. The van der Waals surface area contributed by atoms with Gasteiger partial charge in [-0.15, -0.1) is 0 Å². The van der Waals surface area contributed by atoms with Gasteiger partial charge in [0, 0.05) is 18.5 Å². The summed E-state index contributed by atoms with van der Waals surface area (Å²) in [6.07, 6.45) is 0.992. The zero-order valence-electron chi connectivity index (χ0n) is 20.6. The van der Waals surface area contributed by atoms with Crippen molar-refractivity contribution in [3.63, 3.8) is 0 Å². The minimum absolute atomic E-state index is 0.0640. The molecule has 2 aromatic rings. The van der Waals surface area contributed by atoms with Crippen molar-refractivity contribution in [3.05, 3.63) is 59.7 Å². The predicted octanol–water partition coefficient (Wildman–Crippen LogP) is 4.65. The second kappa shape index (κ2) is 10.5. The van der Waals surface area contributed by atoms with Crippen molar-refractivity contribution in [3.8, 4) is 11.1 Å². The standard InChI is InChI=1S/C28H34N2O5/c1-17(2)14-25(26(31)30-15-19(27(32)33)13-12-18(30)3)29-28(34)35-16-24-22-10-6-4-8-20(22)21-9-5-7-11-23(21)24/h4-11,17-19,24-25H,12-16H2,1-3H3,(H,29,34)(H,32,33). The van der Waals surface area contributed by atoms with Gasteiger partial charge in [-0.3, -0.25) is 9.59 Å². The molecule has 1 heterocycles. The third kappa shape index (κ3) is 5.34. The summed E-state index contributed by atoms with van der Waals surface area (Å²) in [6, 6.07) is 15.4. The monoisotopic (exact) mass is 478 g/mol. The molecular weight excluding hydrogens is 444 g/mol. The Hall–Kier alpha value is -3.35. The molecule has 1 fully saturated rings. The average molecular weight is 479 g/mol. The van der Waals surface area contributed by atoms with Crippen LogP contribution in [-0.4, -0.2) is 53.2 Å². The van der Waals surface area contributed by atoms with E-state index in [1.165, 1.54) is 0 Å². The maximum absolute atomic E-state index is 13.4. The fourth-order valence-electron chi connectivity index (χ4n) is 5.29. The molecule has 0 bridgehead atoms. The Balaban J connectivity index is 1.44. The van der Waals surface area contributed by atoms with Gasteiger partial charge < -0.3 is 20.1 Å². The van der Waals surface area contributed by atoms with Gasteiger partial charge in [-0.2, -0.15) is 0 Å². The first kappa shape index (κ1) is 24.8. The van der Waals surface area contributed by atoms with Crippen LogP contribution in [0, 0.1) is 11.8 Å². The number of aliphatic carboxylic acids is 1. The van der Waals surface area contributed by atoms with Crippen LogP contribution in [0.3, 0.4) is 0 Å². The molecule has 2 N–H and O–H groups in total. The summed E-state index contributed by atoms with van der Waals surface area (Å²) < 4.78 is 5.66. The van der Waals surface area contributed by atoms with Crippen molar-refractivity contribution in [1.29, 1.82) is 0 Å². The van der Waals surface area contributed by atoms with Crippen LogP contribution in [0.2, 0.25) is 0 Å². The molecule has 2 amide bonds. The number of carboxylic acids is 1. The summed E-state index contributed by atoms with van der Waals surface area (Å²) in [6.45, 7) is 6.23. The number of rotatable bonds is 7. The fourth-order valence-corrected chi connectivity index (χ4v) is 5.29. The van der Waals surface area contributed by atoms with Crippen LogP contribution in [0.25, 0.3) is 11.1 Å². The first-order chi connectivity index (χ1) is 16.8. The molecule has 2 aromatic carbocycles. The van der Waals surface area contributed by atoms with Crippen molar-refractivity contribution in [2.75, 3.05) is 13.2 Å². The fraction of sp³-hybridized carbons (Fsp3) is 0.464. The lowest BCUT2D eigenvalue weighted by atomic mass is 9.92. The van der Waals surface area contributed by atoms with E-state index < -0.39 is 24.0 Å². The van der Waals surface area contributed by atoms with Crippen LogP contribution in [0.4, 0.5) is 4.79 Å². The third-order valence-corrected chi connectivity index (χ3v) is 7.16. The number of ether oxygens (including phenoxy) is 1. The number of fused-ring (bicyclic) bond motifs is 3. The number of carbonyl (C=O) groups is 3. The minimum atomic E-state index is -0.889. The molecule has 0 spiro atoms. The van der Waals surface area contributed by atoms with Crippen molar-refractivity contribution < 1.29 is 24.2 Å². The van der Waals surface area contributed by atoms with Gasteiger partial charge in [0.2, 0.25) is 5.91 Å². The first-order valence-corrected chi connectivity index (χ1v) is 12.4. The van der Waals surface area contributed by atoms with Gasteiger partial charge in [-0.1, -0.05) is 62.4 Å². The van der Waals surface area contributed by atoms with E-state index in [1.807, 2.05) is 45.0 Å². The molecule has 0 radical (unpaired) electrons. The highest BCUT2D eigenvalue weighted by molar-refractivity contribution is 5.86. The molecule has 35 heavy (non-hydrogen) atoms. The van der Waals surface area contributed by atoms with Gasteiger partial charge in [-0.25, -0.2) is 4.79 Å². The number of carbonyl (C=O) groups excluding carboxylic acids is 2. The number of hydrogen-bond donors (Lipinski definition) is 2. The highest BCUT2D eigenvalue weighted by atomic mass is 16.5. The molecule has 4 rings (SSSR count). The van der Waals surface area contributed by atoms with Crippen LogP contribution in [0.15, 0.2) is 48.5 Å². The quantitative estimate of drug-likeness (QED) is 0.604. The summed E-state index contributed by atoms with van der Waals surface area (Å²) in [7, 11) is 0. The second-order valence-corrected chi connectivity index (χ2v) is 10.1. The minimum Gasteiger partial charge on any atom is -0.481 e. The maximum Gasteiger partial charge on any atom is 0.407 e. The Morgan fingerprint density at radius 1 is 1.03 bits per heavy atom. The van der Waals surface area contributed by atoms with Gasteiger partial charge >= 0.3 is 12.1 Å². The molecule has 2 aliphatic rings. The molecule has 1 saturated heterocycles. The van der Waals surface area contributed by atoms with Gasteiger partial charge in [0.25, 0.3) is 0 Å². The predicted molar refractivity (Wildman–Crippen MR) is 133 cm³/mol. The van der Waals surface area contributed by atoms with E-state index in [-0.39, 0.29) is 36.9 Å². The van der Waals surface area contributed by atoms with E-state index >= 15 is 0 Å². The summed E-state index contributed by atoms with van der Waals surface area (Å²) in [5, 5.41) is 12.2. The van der Waals surface area contributed by atoms with E-state index in [2.05, 4.69) is 29.6 Å². The van der Waals surface area contributed by atoms with E-state index in [0.29, 0.717) is 19.3 Å². The zero-order valence-corrected chi connectivity index (χ0v) is 20.6. The average Bonchev–Trinajstić information content (AvgIpc) is 3.15. The Kier molecular flexibility index (Phi) is 7.43. The van der Waals surface area contributed by atoms with Crippen LogP contribution < -0.4 is 5.32 Å². The molecule has 3 unspecified atom stereocenters. The Labute approximate surface area is 206 Å². The van der Waals surface area contributed by atoms with Gasteiger partial charge in [0.15, 0.2) is 0 Å². The Morgan fingerprint density at radius 2 is 1.63 bits per heavy atom. The Bertz CT molecular complexity index is 1050. The number of hydrogen-bond acceptors (Lipinski definition) is 4. The van der Waals surface area contributed by atoms with Crippen LogP contribution >= 0.6 is 0 Å². The molecule has 1 aliphatic carbocycles. The van der Waals surface area contributed by atoms with E-state index in [1.54, 1.807) is 4.90 Å². The van der Waals surface area contributed by atoms with Crippen molar-refractivity contribution in [2.24, 2.45) is 11.8 Å². The first-order valence-electron chi connectivity index (χ1n) is 12.4. The lowest BCUT2D eigenvalue weighted by Crippen LogP contribution is -2.55. The summed E-state index contributed by atoms with van der Waals surface area (Å²) in [5.74, 6) is -1.62. The molecule has 7 heteroatoms. The maximum atomic E-state index is 13.4. The van der Waals surface area contributed by atoms with Crippen LogP contribution in [-0.2, 0) is 14.3 Å². The van der Waals surface area contributed by atoms with E-state index in [9.17, 15) is 19.5 Å². The number of nitrogens with zero attached hydrogens (tertiary/aromatic N) is 1. The zero-order chi connectivity index (χ0) is 25.1. The number of benzene rings is 2. The summed E-state index contributed by atoms with van der Waals surface area (Å²) >= 11 is 0. The number of likely N-dealkylation sites (tertiary alicyclic amines) is 1. The van der Waals surface area contributed by atoms with Crippen LogP contribution in [0.5, 0.6) is 0 Å². The highest BCUT2D eigenvalue weighted by Crippen LogP contribution is 2.44. The topological polar surface area (TPSA) is 95.9 Å². The Morgan fingerprint density at radius 3 is 2.20 bits per heavy atom. The van der Waals surface area contributed by atoms with Crippen LogP contribution in [0.1, 0.15) is 57.1 Å². The lowest BCUT2D eigenvalue weighted by Gasteiger charge is -2.38. The van der Waals surface area contributed by atoms with E-state index in [0.717, 1.165) is 22.3 Å². The summed E-state index contributed by atoms with van der Waals surface area (Å²) in [4.78, 5) is 39.4. The molecule has 3 atom stereocenters. The number of nitrogens with one attached hydrogen (secondary N) is 1. The second-order valence-electron chi connectivity index (χ2n) is 10.1.